The standard InChI is InChI=1S/C16H27N3O4/c1-10(23-16(2,3)4)17-8-14(21)19-9-12(20)7-13(19)15(22)18-11-5-6-11/h11-13,17,20H,1,5-9H2,2-4H3,(H,18,22)/t12-,13-/m0/s1. The van der Waals surface area contributed by atoms with Gasteiger partial charge in [-0.25, -0.2) is 0 Å². The van der Waals surface area contributed by atoms with Crippen molar-refractivity contribution in [2.45, 2.75) is 63.8 Å². The summed E-state index contributed by atoms with van der Waals surface area (Å²) in [6, 6.07) is -0.369. The van der Waals surface area contributed by atoms with Gasteiger partial charge in [0.1, 0.15) is 11.6 Å². The lowest BCUT2D eigenvalue weighted by Crippen LogP contribution is -2.49. The molecular weight excluding hydrogens is 298 g/mol. The minimum atomic E-state index is -0.664. The third-order valence-electron chi connectivity index (χ3n) is 3.69. The molecular formula is C16H27N3O4. The highest BCUT2D eigenvalue weighted by Crippen LogP contribution is 2.22. The number of nitrogens with one attached hydrogen (secondary N) is 2. The zero-order valence-electron chi connectivity index (χ0n) is 14.1. The Morgan fingerprint density at radius 1 is 1.35 bits per heavy atom. The largest absolute Gasteiger partial charge is 0.474 e. The Morgan fingerprint density at radius 2 is 2.00 bits per heavy atom. The van der Waals surface area contributed by atoms with Crippen LogP contribution in [0, 0.1) is 0 Å². The van der Waals surface area contributed by atoms with Crippen molar-refractivity contribution in [1.82, 2.24) is 15.5 Å². The molecule has 0 radical (unpaired) electrons. The molecule has 1 aliphatic carbocycles. The Hall–Kier alpha value is -1.76. The van der Waals surface area contributed by atoms with E-state index in [1.54, 1.807) is 0 Å². The molecule has 2 fully saturated rings. The number of aliphatic hydroxyl groups is 1. The van der Waals surface area contributed by atoms with Crippen molar-refractivity contribution < 1.29 is 19.4 Å². The van der Waals surface area contributed by atoms with Crippen LogP contribution in [0.5, 0.6) is 0 Å². The molecule has 1 heterocycles. The van der Waals surface area contributed by atoms with E-state index in [0.29, 0.717) is 5.88 Å². The molecule has 1 saturated carbocycles. The number of hydrogen-bond acceptors (Lipinski definition) is 5. The number of nitrogens with zero attached hydrogens (tertiary/aromatic N) is 1. The van der Waals surface area contributed by atoms with E-state index in [1.807, 2.05) is 20.8 Å². The smallest absolute Gasteiger partial charge is 0.243 e. The molecule has 7 nitrogen and oxygen atoms in total. The lowest BCUT2D eigenvalue weighted by Gasteiger charge is -2.26. The summed E-state index contributed by atoms with van der Waals surface area (Å²) in [7, 11) is 0. The van der Waals surface area contributed by atoms with Gasteiger partial charge in [0.15, 0.2) is 5.88 Å². The molecule has 0 aromatic carbocycles. The monoisotopic (exact) mass is 325 g/mol. The van der Waals surface area contributed by atoms with Crippen LogP contribution in [-0.4, -0.2) is 58.7 Å². The molecule has 0 aromatic heterocycles. The molecule has 3 N–H and O–H groups in total. The third-order valence-corrected chi connectivity index (χ3v) is 3.69. The van der Waals surface area contributed by atoms with Crippen LogP contribution in [0.15, 0.2) is 12.5 Å². The maximum atomic E-state index is 12.4. The number of carbonyl (C=O) groups excluding carboxylic acids is 2. The van der Waals surface area contributed by atoms with Gasteiger partial charge in [0.05, 0.1) is 12.6 Å². The second-order valence-electron chi connectivity index (χ2n) is 7.23. The van der Waals surface area contributed by atoms with Gasteiger partial charge in [-0.05, 0) is 40.2 Å². The molecule has 0 bridgehead atoms. The van der Waals surface area contributed by atoms with E-state index in [1.165, 1.54) is 4.90 Å². The summed E-state index contributed by atoms with van der Waals surface area (Å²) in [5.74, 6) is -0.122. The van der Waals surface area contributed by atoms with E-state index in [9.17, 15) is 14.7 Å². The van der Waals surface area contributed by atoms with Crippen molar-refractivity contribution in [2.75, 3.05) is 13.1 Å². The van der Waals surface area contributed by atoms with Gasteiger partial charge in [-0.1, -0.05) is 0 Å². The van der Waals surface area contributed by atoms with E-state index in [0.717, 1.165) is 12.8 Å². The van der Waals surface area contributed by atoms with E-state index in [4.69, 9.17) is 4.74 Å². The SMILES string of the molecule is C=C(NCC(=O)N1C[C@@H](O)C[C@H]1C(=O)NC1CC1)OC(C)(C)C. The molecule has 23 heavy (non-hydrogen) atoms. The number of rotatable bonds is 6. The first-order valence-corrected chi connectivity index (χ1v) is 8.05. The second kappa shape index (κ2) is 6.78. The molecule has 2 rings (SSSR count). The Bertz CT molecular complexity index is 482. The van der Waals surface area contributed by atoms with Gasteiger partial charge in [0.25, 0.3) is 0 Å². The normalized spacial score (nSPS) is 24.3. The Balaban J connectivity index is 1.86. The number of amides is 2. The summed E-state index contributed by atoms with van der Waals surface area (Å²) >= 11 is 0. The number of β-amino-alcohol motifs (C(OH)–C–C–N with tert-alkyl or cyclic N) is 1. The number of likely N-dealkylation sites (tertiary alicyclic amines) is 1. The Kier molecular flexibility index (Phi) is 5.19. The van der Waals surface area contributed by atoms with Crippen LogP contribution in [0.1, 0.15) is 40.0 Å². The van der Waals surface area contributed by atoms with E-state index in [-0.39, 0.29) is 37.4 Å². The Morgan fingerprint density at radius 3 is 2.57 bits per heavy atom. The van der Waals surface area contributed by atoms with Gasteiger partial charge in [0.2, 0.25) is 11.8 Å². The number of hydrogen-bond donors (Lipinski definition) is 3. The summed E-state index contributed by atoms with van der Waals surface area (Å²) in [6.07, 6.45) is 1.59. The predicted molar refractivity (Wildman–Crippen MR) is 85.3 cm³/mol. The predicted octanol–water partition coefficient (Wildman–Crippen LogP) is 0.103. The van der Waals surface area contributed by atoms with Crippen LogP contribution in [0.4, 0.5) is 0 Å². The van der Waals surface area contributed by atoms with Gasteiger partial charge in [0, 0.05) is 19.0 Å². The molecule has 2 atom stereocenters. The number of carbonyl (C=O) groups is 2. The highest BCUT2D eigenvalue weighted by atomic mass is 16.5. The summed E-state index contributed by atoms with van der Waals surface area (Å²) < 4.78 is 5.50. The van der Waals surface area contributed by atoms with Crippen molar-refractivity contribution in [2.24, 2.45) is 0 Å². The molecule has 7 heteroatoms. The first kappa shape index (κ1) is 17.6. The minimum absolute atomic E-state index is 0.0190. The topological polar surface area (TPSA) is 90.9 Å². The summed E-state index contributed by atoms with van der Waals surface area (Å²) in [6.45, 7) is 9.54. The number of ether oxygens (including phenoxy) is 1. The molecule has 0 spiro atoms. The van der Waals surface area contributed by atoms with Crippen LogP contribution in [0.2, 0.25) is 0 Å². The second-order valence-corrected chi connectivity index (χ2v) is 7.23. The van der Waals surface area contributed by atoms with Crippen LogP contribution in [0.25, 0.3) is 0 Å². The van der Waals surface area contributed by atoms with Crippen molar-refractivity contribution >= 4 is 11.8 Å². The molecule has 2 amide bonds. The van der Waals surface area contributed by atoms with Crippen LogP contribution in [0.3, 0.4) is 0 Å². The zero-order chi connectivity index (χ0) is 17.2. The quantitative estimate of drug-likeness (QED) is 0.603. The average molecular weight is 325 g/mol. The van der Waals surface area contributed by atoms with Crippen LogP contribution in [-0.2, 0) is 14.3 Å². The van der Waals surface area contributed by atoms with Crippen LogP contribution >= 0.6 is 0 Å². The van der Waals surface area contributed by atoms with Crippen molar-refractivity contribution in [3.63, 3.8) is 0 Å². The maximum Gasteiger partial charge on any atom is 0.243 e. The summed E-state index contributed by atoms with van der Waals surface area (Å²) in [4.78, 5) is 26.0. The maximum absolute atomic E-state index is 12.4. The molecule has 130 valence electrons. The highest BCUT2D eigenvalue weighted by Gasteiger charge is 2.40. The number of aliphatic hydroxyl groups excluding tert-OH is 1. The first-order chi connectivity index (χ1) is 10.7. The summed E-state index contributed by atoms with van der Waals surface area (Å²) in [5.41, 5.74) is -0.399. The zero-order valence-corrected chi connectivity index (χ0v) is 14.1. The lowest BCUT2D eigenvalue weighted by atomic mass is 10.2. The van der Waals surface area contributed by atoms with Gasteiger partial charge >= 0.3 is 0 Å². The van der Waals surface area contributed by atoms with E-state index in [2.05, 4.69) is 17.2 Å². The van der Waals surface area contributed by atoms with Crippen LogP contribution < -0.4 is 10.6 Å². The molecule has 1 aliphatic heterocycles. The third kappa shape index (κ3) is 5.42. The van der Waals surface area contributed by atoms with Gasteiger partial charge in [-0.2, -0.15) is 0 Å². The Labute approximate surface area is 137 Å². The fourth-order valence-corrected chi connectivity index (χ4v) is 2.54. The van der Waals surface area contributed by atoms with Crippen molar-refractivity contribution in [3.8, 4) is 0 Å². The molecule has 2 aliphatic rings. The highest BCUT2D eigenvalue weighted by molar-refractivity contribution is 5.89. The van der Waals surface area contributed by atoms with Gasteiger partial charge in [-0.3, -0.25) is 9.59 Å². The summed E-state index contributed by atoms with van der Waals surface area (Å²) in [5, 5.41) is 15.5. The molecule has 1 saturated heterocycles. The van der Waals surface area contributed by atoms with Gasteiger partial charge < -0.3 is 25.4 Å². The van der Waals surface area contributed by atoms with Gasteiger partial charge in [-0.15, -0.1) is 0 Å². The van der Waals surface area contributed by atoms with E-state index < -0.39 is 17.7 Å². The van der Waals surface area contributed by atoms with Crippen molar-refractivity contribution in [3.05, 3.63) is 12.5 Å². The molecule has 0 aromatic rings. The fourth-order valence-electron chi connectivity index (χ4n) is 2.54. The molecule has 0 unspecified atom stereocenters. The minimum Gasteiger partial charge on any atom is -0.474 e. The van der Waals surface area contributed by atoms with Crippen molar-refractivity contribution in [1.29, 1.82) is 0 Å². The van der Waals surface area contributed by atoms with E-state index >= 15 is 0 Å². The first-order valence-electron chi connectivity index (χ1n) is 8.05. The lowest BCUT2D eigenvalue weighted by molar-refractivity contribution is -0.138. The average Bonchev–Trinajstić information content (AvgIpc) is 3.13. The fraction of sp³-hybridized carbons (Fsp3) is 0.750.